The first kappa shape index (κ1) is 20.0. The Balaban J connectivity index is 1.38. The molecule has 2 N–H and O–H groups in total. The van der Waals surface area contributed by atoms with Gasteiger partial charge in [0.05, 0.1) is 6.26 Å². The molecule has 0 unspecified atom stereocenters. The topological polar surface area (TPSA) is 74.6 Å². The minimum atomic E-state index is -0.676. The zero-order chi connectivity index (χ0) is 20.9. The lowest BCUT2D eigenvalue weighted by molar-refractivity contribution is -0.139. The first-order chi connectivity index (χ1) is 14.6. The van der Waals surface area contributed by atoms with Crippen LogP contribution in [-0.2, 0) is 22.6 Å². The summed E-state index contributed by atoms with van der Waals surface area (Å²) in [6.07, 6.45) is 2.55. The Hall–Kier alpha value is -3.25. The average molecular weight is 424 g/mol. The lowest BCUT2D eigenvalue weighted by Crippen LogP contribution is -2.43. The number of para-hydroxylation sites is 1. The number of hydrogen-bond donors (Lipinski definition) is 2. The zero-order valence-corrected chi connectivity index (χ0v) is 17.1. The van der Waals surface area contributed by atoms with Crippen LogP contribution in [0.15, 0.2) is 71.3 Å². The van der Waals surface area contributed by atoms with Gasteiger partial charge in [-0.05, 0) is 47.9 Å². The van der Waals surface area contributed by atoms with Gasteiger partial charge in [0.2, 0.25) is 0 Å². The SMILES string of the molecule is O=C(NCc1ccc(Cl)cc1)C(=O)NC[C@H](c1ccco1)N1CCc2ccccc21. The standard InChI is InChI=1S/C23H22ClN3O3/c24-18-9-7-16(8-10-18)14-25-22(28)23(29)26-15-20(21-6-3-13-30-21)27-12-11-17-4-1-2-5-19(17)27/h1-10,13,20H,11-12,14-15H2,(H,25,28)(H,26,29)/t20-/m1/s1. The summed E-state index contributed by atoms with van der Waals surface area (Å²) in [5.41, 5.74) is 3.25. The molecular formula is C23H22ClN3O3. The molecule has 2 heterocycles. The first-order valence-electron chi connectivity index (χ1n) is 9.80. The fourth-order valence-corrected chi connectivity index (χ4v) is 3.79. The highest BCUT2D eigenvalue weighted by Gasteiger charge is 2.29. The minimum Gasteiger partial charge on any atom is -0.467 e. The number of rotatable bonds is 6. The smallest absolute Gasteiger partial charge is 0.309 e. The number of anilines is 1. The number of nitrogens with one attached hydrogen (secondary N) is 2. The van der Waals surface area contributed by atoms with E-state index in [2.05, 4.69) is 27.7 Å². The normalized spacial score (nSPS) is 13.6. The maximum Gasteiger partial charge on any atom is 0.309 e. The molecule has 1 aromatic heterocycles. The van der Waals surface area contributed by atoms with Crippen LogP contribution < -0.4 is 15.5 Å². The minimum absolute atomic E-state index is 0.198. The van der Waals surface area contributed by atoms with Crippen molar-refractivity contribution in [2.24, 2.45) is 0 Å². The number of fused-ring (bicyclic) bond motifs is 1. The third kappa shape index (κ3) is 4.49. The molecule has 1 atom stereocenters. The van der Waals surface area contributed by atoms with Gasteiger partial charge in [0.1, 0.15) is 11.8 Å². The Labute approximate surface area is 179 Å². The van der Waals surface area contributed by atoms with E-state index in [0.29, 0.717) is 5.02 Å². The lowest BCUT2D eigenvalue weighted by Gasteiger charge is -2.29. The third-order valence-corrected chi connectivity index (χ3v) is 5.45. The number of hydrogen-bond acceptors (Lipinski definition) is 4. The van der Waals surface area contributed by atoms with Crippen LogP contribution in [0.25, 0.3) is 0 Å². The van der Waals surface area contributed by atoms with Crippen LogP contribution in [-0.4, -0.2) is 24.9 Å². The van der Waals surface area contributed by atoms with Crippen molar-refractivity contribution >= 4 is 29.1 Å². The van der Waals surface area contributed by atoms with Crippen molar-refractivity contribution in [2.75, 3.05) is 18.0 Å². The van der Waals surface area contributed by atoms with E-state index < -0.39 is 11.8 Å². The second kappa shape index (κ2) is 9.05. The van der Waals surface area contributed by atoms with Gasteiger partial charge < -0.3 is 20.0 Å². The molecule has 0 bridgehead atoms. The molecule has 1 aliphatic heterocycles. The van der Waals surface area contributed by atoms with Gasteiger partial charge in [0, 0.05) is 30.3 Å². The van der Waals surface area contributed by atoms with Crippen molar-refractivity contribution in [1.82, 2.24) is 10.6 Å². The van der Waals surface area contributed by atoms with Crippen LogP contribution in [0.5, 0.6) is 0 Å². The van der Waals surface area contributed by atoms with E-state index in [1.807, 2.05) is 24.3 Å². The second-order valence-electron chi connectivity index (χ2n) is 7.12. The molecule has 0 radical (unpaired) electrons. The lowest BCUT2D eigenvalue weighted by atomic mass is 10.1. The molecule has 2 aromatic carbocycles. The summed E-state index contributed by atoms with van der Waals surface area (Å²) in [6.45, 7) is 1.34. The van der Waals surface area contributed by atoms with E-state index in [4.69, 9.17) is 16.0 Å². The Kier molecular flexibility index (Phi) is 6.05. The van der Waals surface area contributed by atoms with E-state index in [1.165, 1.54) is 5.56 Å². The maximum atomic E-state index is 12.4. The highest BCUT2D eigenvalue weighted by molar-refractivity contribution is 6.35. The Bertz CT molecular complexity index is 1020. The van der Waals surface area contributed by atoms with Crippen molar-refractivity contribution in [2.45, 2.75) is 19.0 Å². The van der Waals surface area contributed by atoms with Crippen LogP contribution in [0.2, 0.25) is 5.02 Å². The summed E-state index contributed by atoms with van der Waals surface area (Å²) in [5, 5.41) is 6.00. The van der Waals surface area contributed by atoms with Crippen molar-refractivity contribution in [3.63, 3.8) is 0 Å². The highest BCUT2D eigenvalue weighted by atomic mass is 35.5. The predicted molar refractivity (Wildman–Crippen MR) is 115 cm³/mol. The number of benzene rings is 2. The molecule has 0 fully saturated rings. The number of carbonyl (C=O) groups excluding carboxylic acids is 2. The third-order valence-electron chi connectivity index (χ3n) is 5.20. The molecular weight excluding hydrogens is 402 g/mol. The quantitative estimate of drug-likeness (QED) is 0.595. The van der Waals surface area contributed by atoms with E-state index in [0.717, 1.165) is 30.0 Å². The van der Waals surface area contributed by atoms with Crippen LogP contribution in [0.4, 0.5) is 5.69 Å². The number of furan rings is 1. The molecule has 7 heteroatoms. The molecule has 30 heavy (non-hydrogen) atoms. The summed E-state index contributed by atoms with van der Waals surface area (Å²) >= 11 is 5.86. The number of halogens is 1. The number of amides is 2. The van der Waals surface area contributed by atoms with Crippen molar-refractivity contribution in [3.05, 3.63) is 88.8 Å². The summed E-state index contributed by atoms with van der Waals surface area (Å²) in [5.74, 6) is -0.605. The summed E-state index contributed by atoms with van der Waals surface area (Å²) in [4.78, 5) is 26.8. The molecule has 0 saturated heterocycles. The summed E-state index contributed by atoms with van der Waals surface area (Å²) < 4.78 is 5.63. The van der Waals surface area contributed by atoms with Gasteiger partial charge in [0.25, 0.3) is 0 Å². The molecule has 6 nitrogen and oxygen atoms in total. The first-order valence-corrected chi connectivity index (χ1v) is 10.2. The van der Waals surface area contributed by atoms with Crippen molar-refractivity contribution < 1.29 is 14.0 Å². The Morgan fingerprint density at radius 1 is 1.00 bits per heavy atom. The molecule has 0 aliphatic carbocycles. The fraction of sp³-hybridized carbons (Fsp3) is 0.217. The molecule has 0 spiro atoms. The van der Waals surface area contributed by atoms with Crippen LogP contribution >= 0.6 is 11.6 Å². The van der Waals surface area contributed by atoms with Crippen molar-refractivity contribution in [3.8, 4) is 0 Å². The summed E-state index contributed by atoms with van der Waals surface area (Å²) in [7, 11) is 0. The molecule has 154 valence electrons. The van der Waals surface area contributed by atoms with Crippen LogP contribution in [0.1, 0.15) is 22.9 Å². The highest BCUT2D eigenvalue weighted by Crippen LogP contribution is 2.34. The zero-order valence-electron chi connectivity index (χ0n) is 16.3. The Morgan fingerprint density at radius 2 is 1.77 bits per heavy atom. The van der Waals surface area contributed by atoms with E-state index in [9.17, 15) is 9.59 Å². The maximum absolute atomic E-state index is 12.4. The van der Waals surface area contributed by atoms with Gasteiger partial charge in [-0.3, -0.25) is 9.59 Å². The van der Waals surface area contributed by atoms with Crippen LogP contribution in [0.3, 0.4) is 0 Å². The van der Waals surface area contributed by atoms with E-state index >= 15 is 0 Å². The van der Waals surface area contributed by atoms with Gasteiger partial charge in [-0.1, -0.05) is 41.9 Å². The van der Waals surface area contributed by atoms with Crippen LogP contribution in [0, 0.1) is 0 Å². The molecule has 0 saturated carbocycles. The van der Waals surface area contributed by atoms with Crippen molar-refractivity contribution in [1.29, 1.82) is 0 Å². The van der Waals surface area contributed by atoms with Gasteiger partial charge in [0.15, 0.2) is 0 Å². The predicted octanol–water partition coefficient (Wildman–Crippen LogP) is 3.47. The molecule has 3 aromatic rings. The van der Waals surface area contributed by atoms with Gasteiger partial charge in [-0.25, -0.2) is 0 Å². The largest absolute Gasteiger partial charge is 0.467 e. The molecule has 2 amide bonds. The summed E-state index contributed by atoms with van der Waals surface area (Å²) in [6, 6.07) is 18.8. The van der Waals surface area contributed by atoms with E-state index in [1.54, 1.807) is 30.5 Å². The average Bonchev–Trinajstić information content (AvgIpc) is 3.44. The Morgan fingerprint density at radius 3 is 2.53 bits per heavy atom. The molecule has 4 rings (SSSR count). The van der Waals surface area contributed by atoms with Gasteiger partial charge >= 0.3 is 11.8 Å². The molecule has 1 aliphatic rings. The van der Waals surface area contributed by atoms with Gasteiger partial charge in [-0.15, -0.1) is 0 Å². The number of carbonyl (C=O) groups is 2. The monoisotopic (exact) mass is 423 g/mol. The number of nitrogens with zero attached hydrogens (tertiary/aromatic N) is 1. The van der Waals surface area contributed by atoms with Gasteiger partial charge in [-0.2, -0.15) is 0 Å². The fourth-order valence-electron chi connectivity index (χ4n) is 3.67. The second-order valence-corrected chi connectivity index (χ2v) is 7.56. The van der Waals surface area contributed by atoms with E-state index in [-0.39, 0.29) is 19.1 Å².